The van der Waals surface area contributed by atoms with Crippen LogP contribution in [0.4, 0.5) is 4.79 Å². The van der Waals surface area contributed by atoms with E-state index in [1.807, 2.05) is 56.3 Å². The monoisotopic (exact) mass is 565 g/mol. The Morgan fingerprint density at radius 3 is 2.07 bits per heavy atom. The Labute approximate surface area is 247 Å². The second kappa shape index (κ2) is 16.8. The van der Waals surface area contributed by atoms with Crippen molar-refractivity contribution in [2.24, 2.45) is 0 Å². The average Bonchev–Trinajstić information content (AvgIpc) is 2.89. The number of carbonyl (C=O) groups is 3. The van der Waals surface area contributed by atoms with Gasteiger partial charge in [-0.25, -0.2) is 4.79 Å². The SMILES string of the molecule is CCCCCNC(=O)C(c1cc(C)cc(C)c1)N(CCCCC)C(=O)C(Cc1ccccc1)NC(=O)OC(C)(C)C. The lowest BCUT2D eigenvalue weighted by Crippen LogP contribution is -2.54. The van der Waals surface area contributed by atoms with E-state index < -0.39 is 23.8 Å². The molecule has 41 heavy (non-hydrogen) atoms. The van der Waals surface area contributed by atoms with Crippen LogP contribution in [-0.4, -0.2) is 47.5 Å². The number of hydrogen-bond acceptors (Lipinski definition) is 4. The first-order valence-electron chi connectivity index (χ1n) is 15.1. The zero-order valence-electron chi connectivity index (χ0n) is 26.2. The summed E-state index contributed by atoms with van der Waals surface area (Å²) in [6.07, 6.45) is 5.21. The van der Waals surface area contributed by atoms with Gasteiger partial charge in [-0.3, -0.25) is 9.59 Å². The summed E-state index contributed by atoms with van der Waals surface area (Å²) in [5, 5.41) is 5.93. The van der Waals surface area contributed by atoms with Crippen LogP contribution >= 0.6 is 0 Å². The highest BCUT2D eigenvalue weighted by molar-refractivity contribution is 5.92. The van der Waals surface area contributed by atoms with Gasteiger partial charge in [0.25, 0.3) is 0 Å². The number of nitrogens with one attached hydrogen (secondary N) is 2. The van der Waals surface area contributed by atoms with E-state index in [0.29, 0.717) is 13.1 Å². The van der Waals surface area contributed by atoms with E-state index in [1.54, 1.807) is 25.7 Å². The molecule has 0 bridgehead atoms. The number of carbonyl (C=O) groups excluding carboxylic acids is 3. The summed E-state index contributed by atoms with van der Waals surface area (Å²) in [6.45, 7) is 14.5. The number of unbranched alkanes of at least 4 members (excludes halogenated alkanes) is 4. The maximum Gasteiger partial charge on any atom is 0.408 e. The molecule has 2 N–H and O–H groups in total. The van der Waals surface area contributed by atoms with Gasteiger partial charge in [0, 0.05) is 19.5 Å². The second-order valence-electron chi connectivity index (χ2n) is 11.9. The summed E-state index contributed by atoms with van der Waals surface area (Å²) in [4.78, 5) is 43.0. The van der Waals surface area contributed by atoms with Crippen molar-refractivity contribution in [1.82, 2.24) is 15.5 Å². The van der Waals surface area contributed by atoms with Crippen LogP contribution in [-0.2, 0) is 20.7 Å². The number of amides is 3. The Kier molecular flexibility index (Phi) is 13.9. The molecule has 0 saturated heterocycles. The van der Waals surface area contributed by atoms with Gasteiger partial charge in [0.15, 0.2) is 0 Å². The molecule has 0 radical (unpaired) electrons. The minimum atomic E-state index is -0.907. The van der Waals surface area contributed by atoms with Crippen LogP contribution in [0.25, 0.3) is 0 Å². The fourth-order valence-corrected chi connectivity index (χ4v) is 4.92. The van der Waals surface area contributed by atoms with Gasteiger partial charge < -0.3 is 20.3 Å². The molecule has 2 rings (SSSR count). The fraction of sp³-hybridized carbons (Fsp3) is 0.559. The summed E-state index contributed by atoms with van der Waals surface area (Å²) < 4.78 is 5.53. The summed E-state index contributed by atoms with van der Waals surface area (Å²) in [5.74, 6) is -0.504. The molecule has 2 unspecified atom stereocenters. The fourth-order valence-electron chi connectivity index (χ4n) is 4.92. The highest BCUT2D eigenvalue weighted by Crippen LogP contribution is 2.26. The lowest BCUT2D eigenvalue weighted by atomic mass is 9.97. The molecule has 0 aromatic heterocycles. The minimum absolute atomic E-state index is 0.202. The van der Waals surface area contributed by atoms with Gasteiger partial charge in [0.05, 0.1) is 0 Å². The number of aryl methyl sites for hydroxylation is 2. The van der Waals surface area contributed by atoms with E-state index in [-0.39, 0.29) is 18.2 Å². The van der Waals surface area contributed by atoms with E-state index in [4.69, 9.17) is 4.74 Å². The molecule has 0 heterocycles. The standard InChI is InChI=1S/C34H51N3O4/c1-8-10-15-19-35-31(38)30(28-22-25(3)21-26(4)23-28)37(20-16-11-9-2)32(39)29(24-27-17-13-12-14-18-27)36-33(40)41-34(5,6)7/h12-14,17-18,21-23,29-30H,8-11,15-16,19-20,24H2,1-7H3,(H,35,38)(H,36,40). The van der Waals surface area contributed by atoms with Crippen LogP contribution in [0, 0.1) is 13.8 Å². The summed E-state index contributed by atoms with van der Waals surface area (Å²) in [6, 6.07) is 13.9. The van der Waals surface area contributed by atoms with Gasteiger partial charge in [-0.15, -0.1) is 0 Å². The number of ether oxygens (including phenoxy) is 1. The van der Waals surface area contributed by atoms with Crippen molar-refractivity contribution < 1.29 is 19.1 Å². The average molecular weight is 566 g/mol. The summed E-state index contributed by atoms with van der Waals surface area (Å²) in [5.41, 5.74) is 3.01. The molecule has 0 aliphatic heterocycles. The predicted octanol–water partition coefficient (Wildman–Crippen LogP) is 6.81. The number of benzene rings is 2. The highest BCUT2D eigenvalue weighted by atomic mass is 16.6. The topological polar surface area (TPSA) is 87.7 Å². The molecular weight excluding hydrogens is 514 g/mol. The Bertz CT molecular complexity index is 1090. The van der Waals surface area contributed by atoms with E-state index in [2.05, 4.69) is 30.5 Å². The Morgan fingerprint density at radius 2 is 1.49 bits per heavy atom. The van der Waals surface area contributed by atoms with Crippen molar-refractivity contribution in [3.05, 3.63) is 70.8 Å². The van der Waals surface area contributed by atoms with Gasteiger partial charge >= 0.3 is 6.09 Å². The molecule has 0 aliphatic carbocycles. The van der Waals surface area contributed by atoms with E-state index >= 15 is 0 Å². The molecule has 226 valence electrons. The second-order valence-corrected chi connectivity index (χ2v) is 11.9. The van der Waals surface area contributed by atoms with Gasteiger partial charge in [-0.2, -0.15) is 0 Å². The maximum atomic E-state index is 14.5. The summed E-state index contributed by atoms with van der Waals surface area (Å²) in [7, 11) is 0. The molecule has 0 saturated carbocycles. The van der Waals surface area contributed by atoms with Crippen molar-refractivity contribution in [2.75, 3.05) is 13.1 Å². The third-order valence-corrected chi connectivity index (χ3v) is 6.76. The number of rotatable bonds is 15. The van der Waals surface area contributed by atoms with Crippen LogP contribution in [0.1, 0.15) is 101 Å². The van der Waals surface area contributed by atoms with Gasteiger partial charge in [0.1, 0.15) is 17.7 Å². The van der Waals surface area contributed by atoms with Gasteiger partial charge in [-0.05, 0) is 58.6 Å². The largest absolute Gasteiger partial charge is 0.444 e. The molecule has 3 amide bonds. The molecule has 0 fully saturated rings. The van der Waals surface area contributed by atoms with Crippen molar-refractivity contribution >= 4 is 17.9 Å². The normalized spacial score (nSPS) is 12.8. The highest BCUT2D eigenvalue weighted by Gasteiger charge is 2.36. The van der Waals surface area contributed by atoms with Crippen LogP contribution < -0.4 is 10.6 Å². The van der Waals surface area contributed by atoms with E-state index in [9.17, 15) is 14.4 Å². The lowest BCUT2D eigenvalue weighted by molar-refractivity contribution is -0.142. The van der Waals surface area contributed by atoms with Gasteiger partial charge in [0.2, 0.25) is 11.8 Å². The maximum absolute atomic E-state index is 14.5. The molecule has 7 heteroatoms. The first kappa shape index (κ1) is 33.9. The molecule has 2 aromatic carbocycles. The zero-order chi connectivity index (χ0) is 30.4. The van der Waals surface area contributed by atoms with Crippen LogP contribution in [0.2, 0.25) is 0 Å². The number of nitrogens with zero attached hydrogens (tertiary/aromatic N) is 1. The third-order valence-electron chi connectivity index (χ3n) is 6.76. The molecule has 7 nitrogen and oxygen atoms in total. The Morgan fingerprint density at radius 1 is 0.878 bits per heavy atom. The van der Waals surface area contributed by atoms with E-state index in [1.165, 1.54) is 0 Å². The Hall–Kier alpha value is -3.35. The lowest BCUT2D eigenvalue weighted by Gasteiger charge is -2.35. The quantitative estimate of drug-likeness (QED) is 0.232. The van der Waals surface area contributed by atoms with Crippen molar-refractivity contribution in [3.8, 4) is 0 Å². The van der Waals surface area contributed by atoms with Crippen LogP contribution in [0.15, 0.2) is 48.5 Å². The smallest absolute Gasteiger partial charge is 0.408 e. The van der Waals surface area contributed by atoms with E-state index in [0.717, 1.165) is 60.8 Å². The number of alkyl carbamates (subject to hydrolysis) is 1. The minimum Gasteiger partial charge on any atom is -0.444 e. The molecule has 0 spiro atoms. The van der Waals surface area contributed by atoms with Crippen LogP contribution in [0.3, 0.4) is 0 Å². The molecular formula is C34H51N3O4. The van der Waals surface area contributed by atoms with Crippen molar-refractivity contribution in [3.63, 3.8) is 0 Å². The van der Waals surface area contributed by atoms with Crippen molar-refractivity contribution in [2.45, 2.75) is 111 Å². The molecule has 0 aliphatic rings. The molecule has 2 atom stereocenters. The first-order chi connectivity index (χ1) is 19.4. The first-order valence-corrected chi connectivity index (χ1v) is 15.1. The van der Waals surface area contributed by atoms with Gasteiger partial charge in [-0.1, -0.05) is 99.2 Å². The Balaban J connectivity index is 2.55. The molecule has 2 aromatic rings. The predicted molar refractivity (Wildman–Crippen MR) is 166 cm³/mol. The number of hydrogen-bond donors (Lipinski definition) is 2. The summed E-state index contributed by atoms with van der Waals surface area (Å²) >= 11 is 0. The third kappa shape index (κ3) is 12.0. The zero-order valence-corrected chi connectivity index (χ0v) is 26.2. The van der Waals surface area contributed by atoms with Crippen LogP contribution in [0.5, 0.6) is 0 Å². The van der Waals surface area contributed by atoms with Crippen molar-refractivity contribution in [1.29, 1.82) is 0 Å².